The third-order valence-electron chi connectivity index (χ3n) is 3.98. The molecule has 0 atom stereocenters. The van der Waals surface area contributed by atoms with Crippen LogP contribution in [-0.4, -0.2) is 21.2 Å². The van der Waals surface area contributed by atoms with Gasteiger partial charge in [0.15, 0.2) is 0 Å². The van der Waals surface area contributed by atoms with Gasteiger partial charge in [-0.1, -0.05) is 17.7 Å². The van der Waals surface area contributed by atoms with E-state index < -0.39 is 22.1 Å². The van der Waals surface area contributed by atoms with Crippen LogP contribution in [-0.2, 0) is 6.42 Å². The van der Waals surface area contributed by atoms with Gasteiger partial charge in [-0.25, -0.2) is 8.78 Å². The van der Waals surface area contributed by atoms with Gasteiger partial charge >= 0.3 is 0 Å². The van der Waals surface area contributed by atoms with Gasteiger partial charge in [0.25, 0.3) is 11.2 Å². The van der Waals surface area contributed by atoms with Crippen LogP contribution in [0.2, 0.25) is 5.02 Å². The summed E-state index contributed by atoms with van der Waals surface area (Å²) >= 11 is 6.08. The summed E-state index contributed by atoms with van der Waals surface area (Å²) in [6, 6.07) is 8.84. The van der Waals surface area contributed by atoms with Crippen molar-refractivity contribution >= 4 is 23.0 Å². The highest BCUT2D eigenvalue weighted by molar-refractivity contribution is 6.32. The molecule has 7 nitrogen and oxygen atoms in total. The number of halogens is 3. The highest BCUT2D eigenvalue weighted by Crippen LogP contribution is 2.19. The number of benzene rings is 2. The fraction of sp³-hybridized carbons (Fsp3) is 0.111. The summed E-state index contributed by atoms with van der Waals surface area (Å²) in [5.74, 6) is -1.31. The smallest absolute Gasteiger partial charge is 0.292 e. The first-order chi connectivity index (χ1) is 13.4. The molecule has 1 heterocycles. The van der Waals surface area contributed by atoms with E-state index in [0.717, 1.165) is 4.68 Å². The molecule has 0 unspecified atom stereocenters. The third-order valence-corrected chi connectivity index (χ3v) is 4.34. The van der Waals surface area contributed by atoms with E-state index in [1.165, 1.54) is 48.7 Å². The molecular weight excluding hydrogens is 394 g/mol. The molecule has 1 N–H and O–H groups in total. The van der Waals surface area contributed by atoms with Gasteiger partial charge in [-0.15, -0.1) is 0 Å². The summed E-state index contributed by atoms with van der Waals surface area (Å²) in [4.78, 5) is 22.6. The maximum absolute atomic E-state index is 13.6. The van der Waals surface area contributed by atoms with Crippen molar-refractivity contribution in [1.82, 2.24) is 9.78 Å². The quantitative estimate of drug-likeness (QED) is 0.497. The fourth-order valence-electron chi connectivity index (χ4n) is 2.55. The monoisotopic (exact) mass is 406 g/mol. The van der Waals surface area contributed by atoms with Crippen molar-refractivity contribution in [3.05, 3.63) is 91.4 Å². The minimum Gasteiger partial charge on any atom is -0.382 e. The van der Waals surface area contributed by atoms with Gasteiger partial charge in [0.05, 0.1) is 22.5 Å². The van der Waals surface area contributed by atoms with Crippen molar-refractivity contribution in [3.8, 4) is 5.69 Å². The molecule has 0 radical (unpaired) electrons. The van der Waals surface area contributed by atoms with E-state index in [1.54, 1.807) is 0 Å². The largest absolute Gasteiger partial charge is 0.382 e. The van der Waals surface area contributed by atoms with Crippen LogP contribution in [0.25, 0.3) is 5.69 Å². The van der Waals surface area contributed by atoms with Crippen LogP contribution in [0.1, 0.15) is 5.56 Å². The van der Waals surface area contributed by atoms with Crippen LogP contribution < -0.4 is 10.9 Å². The number of nitro groups is 1. The van der Waals surface area contributed by atoms with E-state index in [1.807, 2.05) is 0 Å². The van der Waals surface area contributed by atoms with Crippen LogP contribution >= 0.6 is 11.6 Å². The predicted molar refractivity (Wildman–Crippen MR) is 100 cm³/mol. The molecule has 3 rings (SSSR count). The SMILES string of the molecule is O=c1c(Cl)c(NCCc2c(F)cccc2F)cnn1-c1ccc([N+](=O)[O-])cc1. The molecule has 0 amide bonds. The molecular formula is C18H13ClF2N4O3. The number of rotatable bonds is 6. The van der Waals surface area contributed by atoms with Crippen LogP contribution in [0.5, 0.6) is 0 Å². The van der Waals surface area contributed by atoms with Gasteiger partial charge in [0, 0.05) is 24.2 Å². The summed E-state index contributed by atoms with van der Waals surface area (Å²) in [6.07, 6.45) is 1.34. The number of nitrogens with zero attached hydrogens (tertiary/aromatic N) is 3. The summed E-state index contributed by atoms with van der Waals surface area (Å²) < 4.78 is 28.3. The normalized spacial score (nSPS) is 10.7. The Morgan fingerprint density at radius 1 is 1.14 bits per heavy atom. The lowest BCUT2D eigenvalue weighted by Crippen LogP contribution is -2.23. The number of hydrogen-bond acceptors (Lipinski definition) is 5. The Hall–Kier alpha value is -3.33. The van der Waals surface area contributed by atoms with Crippen molar-refractivity contribution < 1.29 is 13.7 Å². The summed E-state index contributed by atoms with van der Waals surface area (Å²) in [5.41, 5.74) is -0.323. The number of hydrogen-bond donors (Lipinski definition) is 1. The zero-order chi connectivity index (χ0) is 20.3. The van der Waals surface area contributed by atoms with Crippen molar-refractivity contribution in [3.63, 3.8) is 0 Å². The molecule has 0 saturated heterocycles. The first-order valence-corrected chi connectivity index (χ1v) is 8.45. The molecule has 0 aliphatic rings. The Kier molecular flexibility index (Phi) is 5.65. The average molecular weight is 407 g/mol. The second kappa shape index (κ2) is 8.13. The van der Waals surface area contributed by atoms with E-state index in [2.05, 4.69) is 10.4 Å². The number of anilines is 1. The molecule has 28 heavy (non-hydrogen) atoms. The lowest BCUT2D eigenvalue weighted by Gasteiger charge is -2.11. The standard InChI is InChI=1S/C18H13ClF2N4O3/c19-17-16(22-9-8-13-14(20)2-1-3-15(13)21)10-23-24(18(17)26)11-4-6-12(7-5-11)25(27)28/h1-7,10,22H,8-9H2. The van der Waals surface area contributed by atoms with Crippen molar-refractivity contribution in [2.75, 3.05) is 11.9 Å². The van der Waals surface area contributed by atoms with E-state index in [9.17, 15) is 23.7 Å². The molecule has 0 aliphatic carbocycles. The van der Waals surface area contributed by atoms with Crippen LogP contribution in [0.4, 0.5) is 20.2 Å². The Morgan fingerprint density at radius 2 is 1.79 bits per heavy atom. The van der Waals surface area contributed by atoms with Gasteiger partial charge in [0.2, 0.25) is 0 Å². The minimum atomic E-state index is -0.653. The lowest BCUT2D eigenvalue weighted by molar-refractivity contribution is -0.384. The lowest BCUT2D eigenvalue weighted by atomic mass is 10.1. The molecule has 1 aromatic heterocycles. The predicted octanol–water partition coefficient (Wildman–Crippen LogP) is 3.73. The molecule has 0 bridgehead atoms. The number of nitrogens with one attached hydrogen (secondary N) is 1. The second-order valence-corrected chi connectivity index (χ2v) is 6.12. The van der Waals surface area contributed by atoms with Crippen LogP contribution in [0.3, 0.4) is 0 Å². The zero-order valence-electron chi connectivity index (χ0n) is 14.2. The highest BCUT2D eigenvalue weighted by atomic mass is 35.5. The maximum Gasteiger partial charge on any atom is 0.292 e. The van der Waals surface area contributed by atoms with Gasteiger partial charge in [-0.2, -0.15) is 9.78 Å². The van der Waals surface area contributed by atoms with Crippen LogP contribution in [0, 0.1) is 21.7 Å². The van der Waals surface area contributed by atoms with Crippen LogP contribution in [0.15, 0.2) is 53.5 Å². The zero-order valence-corrected chi connectivity index (χ0v) is 15.0. The summed E-state index contributed by atoms with van der Waals surface area (Å²) in [6.45, 7) is 0.125. The highest BCUT2D eigenvalue weighted by Gasteiger charge is 2.13. The van der Waals surface area contributed by atoms with E-state index in [4.69, 9.17) is 11.6 Å². The molecule has 3 aromatic rings. The Bertz CT molecular complexity index is 1070. The number of non-ortho nitro benzene ring substituents is 1. The van der Waals surface area contributed by atoms with Gasteiger partial charge in [0.1, 0.15) is 16.7 Å². The fourth-order valence-corrected chi connectivity index (χ4v) is 2.74. The van der Waals surface area contributed by atoms with E-state index >= 15 is 0 Å². The summed E-state index contributed by atoms with van der Waals surface area (Å²) in [5, 5.41) is 17.4. The Labute approximate surface area is 162 Å². The van der Waals surface area contributed by atoms with Crippen molar-refractivity contribution in [2.24, 2.45) is 0 Å². The van der Waals surface area contributed by atoms with E-state index in [0.29, 0.717) is 5.69 Å². The van der Waals surface area contributed by atoms with Crippen molar-refractivity contribution in [1.29, 1.82) is 0 Å². The Morgan fingerprint density at radius 3 is 2.39 bits per heavy atom. The van der Waals surface area contributed by atoms with Gasteiger partial charge < -0.3 is 5.32 Å². The molecule has 144 valence electrons. The molecule has 0 aliphatic heterocycles. The molecule has 0 fully saturated rings. The first-order valence-electron chi connectivity index (χ1n) is 8.08. The Balaban J connectivity index is 1.77. The number of nitro benzene ring substituents is 1. The topological polar surface area (TPSA) is 90.1 Å². The molecule has 10 heteroatoms. The number of aromatic nitrogens is 2. The van der Waals surface area contributed by atoms with Gasteiger partial charge in [-0.3, -0.25) is 14.9 Å². The van der Waals surface area contributed by atoms with Gasteiger partial charge in [-0.05, 0) is 30.7 Å². The first kappa shape index (κ1) is 19.4. The molecule has 0 saturated carbocycles. The maximum atomic E-state index is 13.6. The molecule has 0 spiro atoms. The van der Waals surface area contributed by atoms with E-state index in [-0.39, 0.29) is 34.9 Å². The summed E-state index contributed by atoms with van der Waals surface area (Å²) in [7, 11) is 0. The average Bonchev–Trinajstić information content (AvgIpc) is 2.67. The molecule has 2 aromatic carbocycles. The third kappa shape index (κ3) is 3.99. The minimum absolute atomic E-state index is 0.0419. The van der Waals surface area contributed by atoms with Crippen molar-refractivity contribution in [2.45, 2.75) is 6.42 Å². The second-order valence-electron chi connectivity index (χ2n) is 5.74.